The maximum Gasteiger partial charge on any atom is 0.195 e. The van der Waals surface area contributed by atoms with Crippen molar-refractivity contribution < 1.29 is 0 Å². The van der Waals surface area contributed by atoms with Gasteiger partial charge in [0, 0.05) is 25.5 Å². The summed E-state index contributed by atoms with van der Waals surface area (Å²) >= 11 is 4.95. The van der Waals surface area contributed by atoms with E-state index in [1.54, 1.807) is 24.0 Å². The zero-order chi connectivity index (χ0) is 10.1. The van der Waals surface area contributed by atoms with Crippen LogP contribution in [0.2, 0.25) is 0 Å². The number of aromatic amines is 2. The van der Waals surface area contributed by atoms with Crippen LogP contribution in [0, 0.1) is 4.77 Å². The highest BCUT2D eigenvalue weighted by Gasteiger charge is 2.08. The molecule has 72 valence electrons. The van der Waals surface area contributed by atoms with Crippen molar-refractivity contribution in [2.24, 2.45) is 7.05 Å². The van der Waals surface area contributed by atoms with Crippen molar-refractivity contribution in [2.75, 3.05) is 0 Å². The van der Waals surface area contributed by atoms with Gasteiger partial charge in [-0.05, 0) is 12.2 Å². The van der Waals surface area contributed by atoms with Crippen molar-refractivity contribution in [3.05, 3.63) is 33.5 Å². The van der Waals surface area contributed by atoms with Crippen LogP contribution < -0.4 is 5.43 Å². The van der Waals surface area contributed by atoms with Gasteiger partial charge >= 0.3 is 0 Å². The van der Waals surface area contributed by atoms with Crippen molar-refractivity contribution in [1.29, 1.82) is 0 Å². The lowest BCUT2D eigenvalue weighted by molar-refractivity contribution is 0.900. The summed E-state index contributed by atoms with van der Waals surface area (Å²) in [5.74, 6) is 0.539. The van der Waals surface area contributed by atoms with E-state index in [4.69, 9.17) is 12.2 Å². The van der Waals surface area contributed by atoms with Gasteiger partial charge in [0.15, 0.2) is 16.0 Å². The molecule has 2 aromatic rings. The minimum absolute atomic E-state index is 0.0825. The van der Waals surface area contributed by atoms with E-state index in [1.165, 1.54) is 6.07 Å². The number of hydrogen-bond acceptors (Lipinski definition) is 3. The summed E-state index contributed by atoms with van der Waals surface area (Å²) in [7, 11) is 1.76. The normalized spacial score (nSPS) is 10.4. The lowest BCUT2D eigenvalue weighted by Gasteiger charge is -1.97. The second-order valence-corrected chi connectivity index (χ2v) is 3.22. The number of H-pyrrole nitrogens is 2. The highest BCUT2D eigenvalue weighted by molar-refractivity contribution is 7.71. The van der Waals surface area contributed by atoms with Crippen LogP contribution in [0.5, 0.6) is 0 Å². The molecule has 0 bridgehead atoms. The maximum absolute atomic E-state index is 11.5. The molecule has 2 N–H and O–H groups in total. The van der Waals surface area contributed by atoms with Gasteiger partial charge in [0.2, 0.25) is 0 Å². The molecule has 0 fully saturated rings. The first-order chi connectivity index (χ1) is 6.70. The third kappa shape index (κ3) is 1.29. The molecule has 5 nitrogen and oxygen atoms in total. The maximum atomic E-state index is 11.5. The summed E-state index contributed by atoms with van der Waals surface area (Å²) in [5.41, 5.74) is 0.420. The molecule has 0 aliphatic rings. The van der Waals surface area contributed by atoms with Gasteiger partial charge in [-0.1, -0.05) is 0 Å². The minimum atomic E-state index is -0.0825. The number of hydrogen-bond donors (Lipinski definition) is 2. The number of nitrogens with one attached hydrogen (secondary N) is 2. The average Bonchev–Trinajstić information content (AvgIpc) is 2.49. The second kappa shape index (κ2) is 3.22. The molecule has 2 rings (SSSR count). The standard InChI is InChI=1S/C8H8N4OS/c1-12-7(10-11-8(12)14)5-4-9-3-2-6(5)13/h2-4H,1H3,(H,9,13)(H,11,14). The van der Waals surface area contributed by atoms with Crippen molar-refractivity contribution in [2.45, 2.75) is 0 Å². The molecular weight excluding hydrogens is 200 g/mol. The van der Waals surface area contributed by atoms with Gasteiger partial charge in [0.05, 0.1) is 5.56 Å². The van der Waals surface area contributed by atoms with E-state index < -0.39 is 0 Å². The summed E-state index contributed by atoms with van der Waals surface area (Å²) in [6.45, 7) is 0. The number of aromatic nitrogens is 4. The smallest absolute Gasteiger partial charge is 0.195 e. The molecule has 2 aromatic heterocycles. The summed E-state index contributed by atoms with van der Waals surface area (Å²) in [5, 5.41) is 6.60. The molecule has 0 amide bonds. The first-order valence-corrected chi connectivity index (χ1v) is 4.40. The van der Waals surface area contributed by atoms with Crippen LogP contribution >= 0.6 is 12.2 Å². The van der Waals surface area contributed by atoms with E-state index >= 15 is 0 Å². The fourth-order valence-corrected chi connectivity index (χ4v) is 1.31. The van der Waals surface area contributed by atoms with Crippen LogP contribution in [0.25, 0.3) is 11.4 Å². The van der Waals surface area contributed by atoms with E-state index in [9.17, 15) is 4.79 Å². The molecule has 0 saturated heterocycles. The van der Waals surface area contributed by atoms with Crippen LogP contribution in [-0.2, 0) is 7.05 Å². The molecule has 0 aliphatic carbocycles. The zero-order valence-electron chi connectivity index (χ0n) is 7.44. The van der Waals surface area contributed by atoms with Gasteiger partial charge in [0.1, 0.15) is 0 Å². The Labute approximate surface area is 84.4 Å². The fraction of sp³-hybridized carbons (Fsp3) is 0.125. The Morgan fingerprint density at radius 3 is 2.93 bits per heavy atom. The van der Waals surface area contributed by atoms with Gasteiger partial charge in [-0.3, -0.25) is 9.89 Å². The minimum Gasteiger partial charge on any atom is -0.367 e. The molecule has 2 heterocycles. The van der Waals surface area contributed by atoms with Gasteiger partial charge in [-0.2, -0.15) is 5.10 Å². The molecule has 14 heavy (non-hydrogen) atoms. The Kier molecular flexibility index (Phi) is 2.05. The second-order valence-electron chi connectivity index (χ2n) is 2.83. The SMILES string of the molecule is Cn1c(-c2c[nH]ccc2=O)n[nH]c1=S. The highest BCUT2D eigenvalue weighted by atomic mass is 32.1. The van der Waals surface area contributed by atoms with Crippen molar-refractivity contribution in [1.82, 2.24) is 19.7 Å². The van der Waals surface area contributed by atoms with E-state index in [-0.39, 0.29) is 5.43 Å². The molecule has 0 spiro atoms. The first kappa shape index (κ1) is 8.89. The Morgan fingerprint density at radius 1 is 1.57 bits per heavy atom. The quantitative estimate of drug-likeness (QED) is 0.682. The summed E-state index contributed by atoms with van der Waals surface area (Å²) < 4.78 is 2.14. The third-order valence-electron chi connectivity index (χ3n) is 1.94. The summed E-state index contributed by atoms with van der Waals surface area (Å²) in [6, 6.07) is 1.45. The fourth-order valence-electron chi connectivity index (χ4n) is 1.18. The number of rotatable bonds is 1. The largest absolute Gasteiger partial charge is 0.367 e. The van der Waals surface area contributed by atoms with Crippen LogP contribution in [0.4, 0.5) is 0 Å². The van der Waals surface area contributed by atoms with E-state index in [1.807, 2.05) is 0 Å². The van der Waals surface area contributed by atoms with E-state index in [0.29, 0.717) is 16.2 Å². The molecule has 0 atom stereocenters. The summed E-state index contributed by atoms with van der Waals surface area (Å²) in [4.78, 5) is 14.3. The third-order valence-corrected chi connectivity index (χ3v) is 2.31. The lowest BCUT2D eigenvalue weighted by Crippen LogP contribution is -2.06. The molecular formula is C8H8N4OS. The molecule has 0 radical (unpaired) electrons. The first-order valence-electron chi connectivity index (χ1n) is 3.99. The van der Waals surface area contributed by atoms with Crippen molar-refractivity contribution in [3.63, 3.8) is 0 Å². The molecule has 0 aromatic carbocycles. The number of pyridine rings is 1. The van der Waals surface area contributed by atoms with Crippen LogP contribution in [-0.4, -0.2) is 19.7 Å². The van der Waals surface area contributed by atoms with E-state index in [2.05, 4.69) is 15.2 Å². The average molecular weight is 208 g/mol. The van der Waals surface area contributed by atoms with Gasteiger partial charge in [-0.25, -0.2) is 0 Å². The Bertz CT molecular complexity index is 565. The van der Waals surface area contributed by atoms with Crippen molar-refractivity contribution in [3.8, 4) is 11.4 Å². The van der Waals surface area contributed by atoms with Crippen LogP contribution in [0.15, 0.2) is 23.3 Å². The highest BCUT2D eigenvalue weighted by Crippen LogP contribution is 2.09. The predicted molar refractivity (Wildman–Crippen MR) is 54.4 cm³/mol. The molecule has 6 heteroatoms. The molecule has 0 unspecified atom stereocenters. The van der Waals surface area contributed by atoms with Gasteiger partial charge in [0.25, 0.3) is 0 Å². The zero-order valence-corrected chi connectivity index (χ0v) is 8.26. The Balaban J connectivity index is 2.73. The molecule has 0 saturated carbocycles. The lowest BCUT2D eigenvalue weighted by atomic mass is 10.2. The Morgan fingerprint density at radius 2 is 2.36 bits per heavy atom. The number of nitrogens with zero attached hydrogens (tertiary/aromatic N) is 2. The van der Waals surface area contributed by atoms with Crippen LogP contribution in [0.3, 0.4) is 0 Å². The van der Waals surface area contributed by atoms with Crippen LogP contribution in [0.1, 0.15) is 0 Å². The monoisotopic (exact) mass is 208 g/mol. The Hall–Kier alpha value is -1.69. The van der Waals surface area contributed by atoms with Gasteiger partial charge < -0.3 is 9.55 Å². The predicted octanol–water partition coefficient (Wildman–Crippen LogP) is 0.833. The molecule has 0 aliphatic heterocycles. The van der Waals surface area contributed by atoms with Gasteiger partial charge in [-0.15, -0.1) is 0 Å². The van der Waals surface area contributed by atoms with Crippen molar-refractivity contribution >= 4 is 12.2 Å². The van der Waals surface area contributed by atoms with E-state index in [0.717, 1.165) is 0 Å². The summed E-state index contributed by atoms with van der Waals surface area (Å²) in [6.07, 6.45) is 3.18. The topological polar surface area (TPSA) is 66.5 Å².